The second kappa shape index (κ2) is 6.90. The van der Waals surface area contributed by atoms with Crippen LogP contribution in [0.5, 0.6) is 0 Å². The van der Waals surface area contributed by atoms with Crippen LogP contribution in [0.4, 0.5) is 4.39 Å². The molecule has 0 bridgehead atoms. The number of benzene rings is 1. The van der Waals surface area contributed by atoms with Gasteiger partial charge in [-0.25, -0.2) is 13.9 Å². The molecule has 3 aromatic rings. The summed E-state index contributed by atoms with van der Waals surface area (Å²) in [5.41, 5.74) is 2.88. The Bertz CT molecular complexity index is 840. The molecule has 1 saturated heterocycles. The first-order chi connectivity index (χ1) is 12.2. The van der Waals surface area contributed by atoms with Gasteiger partial charge >= 0.3 is 0 Å². The van der Waals surface area contributed by atoms with Gasteiger partial charge in [0.25, 0.3) is 0 Å². The van der Waals surface area contributed by atoms with Crippen LogP contribution >= 0.6 is 0 Å². The van der Waals surface area contributed by atoms with Crippen LogP contribution in [0.25, 0.3) is 5.65 Å². The minimum atomic E-state index is -0.518. The molecule has 1 N–H and O–H groups in total. The first kappa shape index (κ1) is 16.2. The van der Waals surface area contributed by atoms with Gasteiger partial charge in [0.15, 0.2) is 5.65 Å². The lowest BCUT2D eigenvalue weighted by Gasteiger charge is -2.34. The lowest BCUT2D eigenvalue weighted by molar-refractivity contribution is 0.0567. The van der Waals surface area contributed by atoms with Crippen LogP contribution in [0, 0.1) is 11.7 Å². The fourth-order valence-corrected chi connectivity index (χ4v) is 3.57. The fourth-order valence-electron chi connectivity index (χ4n) is 3.57. The van der Waals surface area contributed by atoms with Crippen LogP contribution in [-0.4, -0.2) is 37.7 Å². The number of rotatable bonds is 4. The van der Waals surface area contributed by atoms with Gasteiger partial charge in [-0.3, -0.25) is 4.90 Å². The van der Waals surface area contributed by atoms with E-state index in [-0.39, 0.29) is 11.7 Å². The van der Waals surface area contributed by atoms with Gasteiger partial charge in [-0.05, 0) is 67.2 Å². The summed E-state index contributed by atoms with van der Waals surface area (Å²) < 4.78 is 14.8. The van der Waals surface area contributed by atoms with Crippen molar-refractivity contribution in [2.24, 2.45) is 5.92 Å². The lowest BCUT2D eigenvalue weighted by atomic mass is 9.87. The highest BCUT2D eigenvalue weighted by Crippen LogP contribution is 2.31. The van der Waals surface area contributed by atoms with Crippen LogP contribution in [0.15, 0.2) is 48.9 Å². The number of aromatic nitrogens is 3. The third kappa shape index (κ3) is 3.55. The molecule has 0 amide bonds. The third-order valence-electron chi connectivity index (χ3n) is 5.04. The van der Waals surface area contributed by atoms with E-state index in [4.69, 9.17) is 0 Å². The van der Waals surface area contributed by atoms with Gasteiger partial charge < -0.3 is 5.11 Å². The maximum Gasteiger partial charge on any atom is 0.155 e. The molecule has 3 heterocycles. The molecular weight excluding hydrogens is 319 g/mol. The molecule has 1 aliphatic rings. The maximum absolute atomic E-state index is 13.0. The average Bonchev–Trinajstić information content (AvgIpc) is 3.10. The Morgan fingerprint density at radius 3 is 2.68 bits per heavy atom. The Labute approximate surface area is 145 Å². The van der Waals surface area contributed by atoms with Gasteiger partial charge in [0.1, 0.15) is 12.1 Å². The SMILES string of the molecule is OC(c1ccc(F)cc1)C1CCN(Cc2ccn3ncnc3c2)CC1. The van der Waals surface area contributed by atoms with Crippen molar-refractivity contribution in [2.75, 3.05) is 13.1 Å². The summed E-state index contributed by atoms with van der Waals surface area (Å²) in [6.45, 7) is 2.77. The summed E-state index contributed by atoms with van der Waals surface area (Å²) in [5.74, 6) is -0.0453. The number of nitrogens with zero attached hydrogens (tertiary/aromatic N) is 4. The number of pyridine rings is 1. The van der Waals surface area contributed by atoms with E-state index in [2.05, 4.69) is 27.1 Å². The van der Waals surface area contributed by atoms with E-state index < -0.39 is 6.10 Å². The molecule has 1 unspecified atom stereocenters. The van der Waals surface area contributed by atoms with E-state index in [9.17, 15) is 9.50 Å². The fraction of sp³-hybridized carbons (Fsp3) is 0.368. The molecule has 25 heavy (non-hydrogen) atoms. The van der Waals surface area contributed by atoms with Crippen molar-refractivity contribution in [3.8, 4) is 0 Å². The van der Waals surface area contributed by atoms with E-state index in [0.29, 0.717) is 0 Å². The second-order valence-electron chi connectivity index (χ2n) is 6.71. The highest BCUT2D eigenvalue weighted by atomic mass is 19.1. The minimum absolute atomic E-state index is 0.223. The Morgan fingerprint density at radius 1 is 1.16 bits per heavy atom. The molecule has 130 valence electrons. The number of likely N-dealkylation sites (tertiary alicyclic amines) is 1. The number of aliphatic hydroxyl groups excluding tert-OH is 1. The Kier molecular flexibility index (Phi) is 4.46. The quantitative estimate of drug-likeness (QED) is 0.793. The van der Waals surface area contributed by atoms with Gasteiger partial charge in [0, 0.05) is 12.7 Å². The average molecular weight is 340 g/mol. The Morgan fingerprint density at radius 2 is 1.92 bits per heavy atom. The van der Waals surface area contributed by atoms with E-state index in [1.54, 1.807) is 23.0 Å². The van der Waals surface area contributed by atoms with Crippen molar-refractivity contribution in [3.63, 3.8) is 0 Å². The summed E-state index contributed by atoms with van der Waals surface area (Å²) in [7, 11) is 0. The molecule has 1 aromatic carbocycles. The predicted octanol–water partition coefficient (Wildman–Crippen LogP) is 2.81. The molecule has 0 aliphatic carbocycles. The molecule has 0 saturated carbocycles. The van der Waals surface area contributed by atoms with Crippen molar-refractivity contribution in [1.82, 2.24) is 19.5 Å². The normalized spacial score (nSPS) is 17.8. The first-order valence-corrected chi connectivity index (χ1v) is 8.63. The zero-order chi connectivity index (χ0) is 17.2. The monoisotopic (exact) mass is 340 g/mol. The molecule has 1 fully saturated rings. The van der Waals surface area contributed by atoms with Crippen LogP contribution in [-0.2, 0) is 6.54 Å². The first-order valence-electron chi connectivity index (χ1n) is 8.63. The van der Waals surface area contributed by atoms with Crippen molar-refractivity contribution < 1.29 is 9.50 Å². The summed E-state index contributed by atoms with van der Waals surface area (Å²) >= 11 is 0. The maximum atomic E-state index is 13.0. The molecule has 1 atom stereocenters. The third-order valence-corrected chi connectivity index (χ3v) is 5.04. The zero-order valence-electron chi connectivity index (χ0n) is 13.9. The van der Waals surface area contributed by atoms with Gasteiger partial charge in [0.2, 0.25) is 0 Å². The molecule has 0 radical (unpaired) electrons. The largest absolute Gasteiger partial charge is 0.388 e. The summed E-state index contributed by atoms with van der Waals surface area (Å²) in [6.07, 6.45) is 4.84. The van der Waals surface area contributed by atoms with E-state index >= 15 is 0 Å². The summed E-state index contributed by atoms with van der Waals surface area (Å²) in [5, 5.41) is 14.7. The second-order valence-corrected chi connectivity index (χ2v) is 6.71. The van der Waals surface area contributed by atoms with Gasteiger partial charge in [-0.2, -0.15) is 5.10 Å². The van der Waals surface area contributed by atoms with E-state index in [1.807, 2.05) is 6.20 Å². The van der Waals surface area contributed by atoms with Crippen LogP contribution in [0.3, 0.4) is 0 Å². The number of hydrogen-bond donors (Lipinski definition) is 1. The molecule has 5 nitrogen and oxygen atoms in total. The molecule has 1 aliphatic heterocycles. The number of aliphatic hydroxyl groups is 1. The minimum Gasteiger partial charge on any atom is -0.388 e. The van der Waals surface area contributed by atoms with Crippen molar-refractivity contribution >= 4 is 5.65 Å². The molecule has 0 spiro atoms. The van der Waals surface area contributed by atoms with Gasteiger partial charge in [0.05, 0.1) is 6.10 Å². The molecule has 4 rings (SSSR count). The number of piperidine rings is 1. The number of fused-ring (bicyclic) bond motifs is 1. The van der Waals surface area contributed by atoms with Gasteiger partial charge in [-0.1, -0.05) is 12.1 Å². The number of hydrogen-bond acceptors (Lipinski definition) is 4. The Balaban J connectivity index is 1.35. The highest BCUT2D eigenvalue weighted by molar-refractivity contribution is 5.39. The predicted molar refractivity (Wildman–Crippen MR) is 92.3 cm³/mol. The summed E-state index contributed by atoms with van der Waals surface area (Å²) in [6, 6.07) is 10.3. The van der Waals surface area contributed by atoms with Gasteiger partial charge in [-0.15, -0.1) is 0 Å². The van der Waals surface area contributed by atoms with Crippen molar-refractivity contribution in [2.45, 2.75) is 25.5 Å². The lowest BCUT2D eigenvalue weighted by Crippen LogP contribution is -2.35. The van der Waals surface area contributed by atoms with E-state index in [0.717, 1.165) is 43.7 Å². The molecule has 6 heteroatoms. The van der Waals surface area contributed by atoms with Crippen LogP contribution in [0.1, 0.15) is 30.1 Å². The standard InChI is InChI=1S/C19H21FN4O/c20-17-3-1-15(2-4-17)19(25)16-6-8-23(9-7-16)12-14-5-10-24-18(11-14)21-13-22-24/h1-5,10-11,13,16,19,25H,6-9,12H2. The van der Waals surface area contributed by atoms with Crippen LogP contribution < -0.4 is 0 Å². The molecular formula is C19H21FN4O. The van der Waals surface area contributed by atoms with Crippen LogP contribution in [0.2, 0.25) is 0 Å². The zero-order valence-corrected chi connectivity index (χ0v) is 13.9. The van der Waals surface area contributed by atoms with E-state index in [1.165, 1.54) is 17.7 Å². The number of halogens is 1. The van der Waals surface area contributed by atoms with Crippen molar-refractivity contribution in [1.29, 1.82) is 0 Å². The molecule has 2 aromatic heterocycles. The topological polar surface area (TPSA) is 53.7 Å². The highest BCUT2D eigenvalue weighted by Gasteiger charge is 2.26. The van der Waals surface area contributed by atoms with Crippen molar-refractivity contribution in [3.05, 3.63) is 65.9 Å². The smallest absolute Gasteiger partial charge is 0.155 e. The summed E-state index contributed by atoms with van der Waals surface area (Å²) in [4.78, 5) is 6.62. The Hall–Kier alpha value is -2.31.